The van der Waals surface area contributed by atoms with Crippen LogP contribution in [0.2, 0.25) is 0 Å². The fourth-order valence-corrected chi connectivity index (χ4v) is 4.40. The van der Waals surface area contributed by atoms with E-state index in [0.717, 1.165) is 28.6 Å². The number of hydrogen-bond donors (Lipinski definition) is 2. The minimum atomic E-state index is 0.00702. The Balaban J connectivity index is 1.55. The number of thiophene rings is 1. The van der Waals surface area contributed by atoms with Crippen molar-refractivity contribution in [3.63, 3.8) is 0 Å². The first-order chi connectivity index (χ1) is 11.3. The summed E-state index contributed by atoms with van der Waals surface area (Å²) in [4.78, 5) is 26.4. The van der Waals surface area contributed by atoms with Gasteiger partial charge in [-0.15, -0.1) is 11.3 Å². The first kappa shape index (κ1) is 14.5. The lowest BCUT2D eigenvalue weighted by atomic mass is 9.97. The minimum absolute atomic E-state index is 0.00702. The number of nitrogens with one attached hydrogen (secondary N) is 2. The van der Waals surface area contributed by atoms with Crippen LogP contribution in [0.15, 0.2) is 29.3 Å². The molecule has 0 saturated heterocycles. The van der Waals surface area contributed by atoms with E-state index >= 15 is 0 Å². The number of aryl methyl sites for hydroxylation is 2. The highest BCUT2D eigenvalue weighted by Gasteiger charge is 2.19. The second kappa shape index (κ2) is 6.22. The molecule has 0 amide bonds. The van der Waals surface area contributed by atoms with Gasteiger partial charge >= 0.3 is 0 Å². The molecule has 2 N–H and O–H groups in total. The summed E-state index contributed by atoms with van der Waals surface area (Å²) in [5, 5.41) is 4.12. The van der Waals surface area contributed by atoms with Crippen LogP contribution in [0.25, 0.3) is 10.2 Å². The van der Waals surface area contributed by atoms with Gasteiger partial charge in [0.2, 0.25) is 0 Å². The number of rotatable bonds is 4. The molecule has 0 unspecified atom stereocenters. The smallest absolute Gasteiger partial charge is 0.259 e. The van der Waals surface area contributed by atoms with Crippen LogP contribution in [0.3, 0.4) is 0 Å². The molecule has 3 heterocycles. The van der Waals surface area contributed by atoms with E-state index in [-0.39, 0.29) is 5.56 Å². The van der Waals surface area contributed by atoms with E-state index < -0.39 is 0 Å². The van der Waals surface area contributed by atoms with Gasteiger partial charge in [-0.3, -0.25) is 9.78 Å². The van der Waals surface area contributed by atoms with Gasteiger partial charge in [-0.1, -0.05) is 6.07 Å². The van der Waals surface area contributed by atoms with Crippen molar-refractivity contribution in [1.82, 2.24) is 20.3 Å². The minimum Gasteiger partial charge on any atom is -0.309 e. The molecule has 3 aromatic heterocycles. The van der Waals surface area contributed by atoms with E-state index in [2.05, 4.69) is 20.3 Å². The molecule has 0 atom stereocenters. The van der Waals surface area contributed by atoms with Crippen molar-refractivity contribution in [2.24, 2.45) is 0 Å². The van der Waals surface area contributed by atoms with Crippen LogP contribution in [0.4, 0.5) is 0 Å². The van der Waals surface area contributed by atoms with Crippen LogP contribution in [0.5, 0.6) is 0 Å². The predicted molar refractivity (Wildman–Crippen MR) is 91.7 cm³/mol. The summed E-state index contributed by atoms with van der Waals surface area (Å²) in [7, 11) is 0. The summed E-state index contributed by atoms with van der Waals surface area (Å²) in [5.74, 6) is 0.699. The predicted octanol–water partition coefficient (Wildman–Crippen LogP) is 2.55. The number of H-pyrrole nitrogens is 1. The summed E-state index contributed by atoms with van der Waals surface area (Å²) in [6.07, 6.45) is 8.09. The Morgan fingerprint density at radius 1 is 1.26 bits per heavy atom. The second-order valence-electron chi connectivity index (χ2n) is 5.87. The number of nitrogens with zero attached hydrogens (tertiary/aromatic N) is 2. The zero-order valence-corrected chi connectivity index (χ0v) is 13.6. The first-order valence-corrected chi connectivity index (χ1v) is 8.76. The molecule has 0 bridgehead atoms. The van der Waals surface area contributed by atoms with Crippen LogP contribution in [-0.2, 0) is 25.9 Å². The SMILES string of the molecule is O=c1[nH]c(CNCc2cccnc2)nc2sc3c(c12)CCCC3. The molecule has 0 radical (unpaired) electrons. The van der Waals surface area contributed by atoms with Gasteiger partial charge in [-0.05, 0) is 42.9 Å². The van der Waals surface area contributed by atoms with Crippen molar-refractivity contribution in [3.05, 3.63) is 56.7 Å². The molecule has 3 aromatic rings. The third kappa shape index (κ3) is 2.92. The van der Waals surface area contributed by atoms with Crippen LogP contribution in [-0.4, -0.2) is 15.0 Å². The van der Waals surface area contributed by atoms with Crippen molar-refractivity contribution in [2.45, 2.75) is 38.8 Å². The summed E-state index contributed by atoms with van der Waals surface area (Å²) in [6, 6.07) is 3.94. The van der Waals surface area contributed by atoms with Gasteiger partial charge in [-0.2, -0.15) is 0 Å². The van der Waals surface area contributed by atoms with E-state index in [1.807, 2.05) is 18.3 Å². The van der Waals surface area contributed by atoms with Crippen LogP contribution in [0, 0.1) is 0 Å². The van der Waals surface area contributed by atoms with E-state index in [1.165, 1.54) is 23.3 Å². The maximum Gasteiger partial charge on any atom is 0.259 e. The molecule has 0 fully saturated rings. The fraction of sp³-hybridized carbons (Fsp3) is 0.353. The normalized spacial score (nSPS) is 14.1. The van der Waals surface area contributed by atoms with Gasteiger partial charge in [0.15, 0.2) is 0 Å². The Labute approximate surface area is 137 Å². The van der Waals surface area contributed by atoms with Crippen molar-refractivity contribution < 1.29 is 0 Å². The van der Waals surface area contributed by atoms with E-state index in [4.69, 9.17) is 0 Å². The molecule has 6 heteroatoms. The number of fused-ring (bicyclic) bond motifs is 3. The number of aromatic amines is 1. The van der Waals surface area contributed by atoms with Gasteiger partial charge in [-0.25, -0.2) is 4.98 Å². The Hall–Kier alpha value is -2.05. The average molecular weight is 326 g/mol. The molecule has 0 spiro atoms. The molecular formula is C17H18N4OS. The largest absolute Gasteiger partial charge is 0.309 e. The van der Waals surface area contributed by atoms with Crippen molar-refractivity contribution in [2.75, 3.05) is 0 Å². The summed E-state index contributed by atoms with van der Waals surface area (Å²) < 4.78 is 0. The third-order valence-corrected chi connectivity index (χ3v) is 5.40. The lowest BCUT2D eigenvalue weighted by Crippen LogP contribution is -2.19. The fourth-order valence-electron chi connectivity index (χ4n) is 3.12. The highest BCUT2D eigenvalue weighted by atomic mass is 32.1. The van der Waals surface area contributed by atoms with Gasteiger partial charge in [0.25, 0.3) is 5.56 Å². The van der Waals surface area contributed by atoms with Crippen molar-refractivity contribution in [1.29, 1.82) is 0 Å². The van der Waals surface area contributed by atoms with E-state index in [0.29, 0.717) is 18.9 Å². The molecule has 0 aliphatic heterocycles. The van der Waals surface area contributed by atoms with Crippen molar-refractivity contribution >= 4 is 21.6 Å². The maximum absolute atomic E-state index is 12.4. The molecular weight excluding hydrogens is 308 g/mol. The zero-order chi connectivity index (χ0) is 15.6. The zero-order valence-electron chi connectivity index (χ0n) is 12.8. The molecule has 23 heavy (non-hydrogen) atoms. The molecule has 1 aliphatic rings. The Kier molecular flexibility index (Phi) is 3.93. The summed E-state index contributed by atoms with van der Waals surface area (Å²) in [5.41, 5.74) is 2.36. The van der Waals surface area contributed by atoms with Crippen LogP contribution < -0.4 is 10.9 Å². The quantitative estimate of drug-likeness (QED) is 0.773. The van der Waals surface area contributed by atoms with Crippen LogP contribution >= 0.6 is 11.3 Å². The van der Waals surface area contributed by atoms with Gasteiger partial charge in [0.1, 0.15) is 10.7 Å². The van der Waals surface area contributed by atoms with E-state index in [1.54, 1.807) is 17.5 Å². The lowest BCUT2D eigenvalue weighted by molar-refractivity contribution is 0.662. The highest BCUT2D eigenvalue weighted by Crippen LogP contribution is 2.33. The van der Waals surface area contributed by atoms with Crippen LogP contribution in [0.1, 0.15) is 34.7 Å². The van der Waals surface area contributed by atoms with Gasteiger partial charge in [0, 0.05) is 23.8 Å². The molecule has 0 aromatic carbocycles. The second-order valence-corrected chi connectivity index (χ2v) is 6.95. The molecule has 4 rings (SSSR count). The Morgan fingerprint density at radius 2 is 2.17 bits per heavy atom. The third-order valence-electron chi connectivity index (χ3n) is 4.22. The van der Waals surface area contributed by atoms with Crippen molar-refractivity contribution in [3.8, 4) is 0 Å². The number of hydrogen-bond acceptors (Lipinski definition) is 5. The molecule has 1 aliphatic carbocycles. The average Bonchev–Trinajstić information content (AvgIpc) is 2.94. The number of pyridine rings is 1. The lowest BCUT2D eigenvalue weighted by Gasteiger charge is -2.09. The summed E-state index contributed by atoms with van der Waals surface area (Å²) >= 11 is 1.69. The van der Waals surface area contributed by atoms with E-state index in [9.17, 15) is 4.79 Å². The maximum atomic E-state index is 12.4. The molecule has 5 nitrogen and oxygen atoms in total. The monoisotopic (exact) mass is 326 g/mol. The highest BCUT2D eigenvalue weighted by molar-refractivity contribution is 7.18. The molecule has 0 saturated carbocycles. The molecule has 118 valence electrons. The summed E-state index contributed by atoms with van der Waals surface area (Å²) in [6.45, 7) is 1.25. The van der Waals surface area contributed by atoms with Gasteiger partial charge < -0.3 is 10.3 Å². The van der Waals surface area contributed by atoms with Gasteiger partial charge in [0.05, 0.1) is 11.9 Å². The first-order valence-electron chi connectivity index (χ1n) is 7.94. The Bertz CT molecular complexity index is 885. The number of aromatic nitrogens is 3. The Morgan fingerprint density at radius 3 is 3.04 bits per heavy atom. The topological polar surface area (TPSA) is 70.7 Å². The standard InChI is InChI=1S/C17H18N4OS/c22-16-15-12-5-1-2-6-13(12)23-17(15)21-14(20-16)10-19-9-11-4-3-7-18-8-11/h3-4,7-8,19H,1-2,5-6,9-10H2,(H,20,21,22).